The molecule has 0 aromatic heterocycles. The van der Waals surface area contributed by atoms with Crippen molar-refractivity contribution >= 4 is 34.5 Å². The first-order valence-corrected chi connectivity index (χ1v) is 12.4. The number of halogens is 1. The number of carbonyl (C=O) groups excluding carboxylic acids is 2. The molecule has 4 nitrogen and oxygen atoms in total. The maximum absolute atomic E-state index is 11.5. The van der Waals surface area contributed by atoms with Gasteiger partial charge in [-0.05, 0) is 62.2 Å². The summed E-state index contributed by atoms with van der Waals surface area (Å²) in [4.78, 5) is 22.4. The SMILES string of the molecule is COC(=O)CNC(=O)CCC/C=C\CCCCCCC/C=C\CCCCCI. The highest BCUT2D eigenvalue weighted by Gasteiger charge is 2.03. The molecule has 0 rings (SSSR count). The van der Waals surface area contributed by atoms with Gasteiger partial charge in [0.05, 0.1) is 7.11 Å². The van der Waals surface area contributed by atoms with Crippen molar-refractivity contribution in [3.63, 3.8) is 0 Å². The molecular formula is C23H40INO3. The summed E-state index contributed by atoms with van der Waals surface area (Å²) in [7, 11) is 1.31. The van der Waals surface area contributed by atoms with Gasteiger partial charge in [0.15, 0.2) is 0 Å². The average molecular weight is 505 g/mol. The Balaban J connectivity index is 3.28. The summed E-state index contributed by atoms with van der Waals surface area (Å²) in [5.41, 5.74) is 0. The molecule has 0 spiro atoms. The topological polar surface area (TPSA) is 55.4 Å². The smallest absolute Gasteiger partial charge is 0.325 e. The zero-order valence-electron chi connectivity index (χ0n) is 17.7. The van der Waals surface area contributed by atoms with Gasteiger partial charge in [0.1, 0.15) is 6.54 Å². The number of unbranched alkanes of at least 4 members (excludes halogenated alkanes) is 10. The Labute approximate surface area is 186 Å². The van der Waals surface area contributed by atoms with E-state index in [0.717, 1.165) is 19.3 Å². The molecule has 162 valence electrons. The Morgan fingerprint density at radius 1 is 0.750 bits per heavy atom. The molecule has 0 unspecified atom stereocenters. The molecule has 0 atom stereocenters. The second-order valence-corrected chi connectivity index (χ2v) is 8.15. The number of rotatable bonds is 19. The molecule has 0 aliphatic heterocycles. The van der Waals surface area contributed by atoms with Gasteiger partial charge in [-0.1, -0.05) is 72.6 Å². The molecule has 0 bridgehead atoms. The Morgan fingerprint density at radius 3 is 1.71 bits per heavy atom. The van der Waals surface area contributed by atoms with Gasteiger partial charge in [0, 0.05) is 6.42 Å². The van der Waals surface area contributed by atoms with Gasteiger partial charge in [-0.15, -0.1) is 0 Å². The van der Waals surface area contributed by atoms with Crippen LogP contribution in [0.5, 0.6) is 0 Å². The first-order valence-electron chi connectivity index (χ1n) is 10.9. The Bertz CT molecular complexity index is 436. The third-order valence-electron chi connectivity index (χ3n) is 4.51. The fourth-order valence-electron chi connectivity index (χ4n) is 2.77. The molecule has 1 amide bonds. The number of amides is 1. The minimum Gasteiger partial charge on any atom is -0.468 e. The predicted molar refractivity (Wildman–Crippen MR) is 127 cm³/mol. The predicted octanol–water partition coefficient (Wildman–Crippen LogP) is 6.28. The maximum atomic E-state index is 11.5. The van der Waals surface area contributed by atoms with E-state index in [0.29, 0.717) is 6.42 Å². The molecule has 5 heteroatoms. The summed E-state index contributed by atoms with van der Waals surface area (Å²) in [6.07, 6.45) is 25.5. The van der Waals surface area contributed by atoms with Crippen molar-refractivity contribution in [1.29, 1.82) is 0 Å². The summed E-state index contributed by atoms with van der Waals surface area (Å²) in [5.74, 6) is -0.507. The lowest BCUT2D eigenvalue weighted by Crippen LogP contribution is -2.29. The van der Waals surface area contributed by atoms with Crippen molar-refractivity contribution in [1.82, 2.24) is 5.32 Å². The lowest BCUT2D eigenvalue weighted by atomic mass is 10.1. The Kier molecular flexibility index (Phi) is 21.8. The molecule has 0 fully saturated rings. The van der Waals surface area contributed by atoms with E-state index in [2.05, 4.69) is 56.9 Å². The van der Waals surface area contributed by atoms with Crippen LogP contribution in [-0.4, -0.2) is 30.0 Å². The van der Waals surface area contributed by atoms with Crippen LogP contribution in [0.15, 0.2) is 24.3 Å². The van der Waals surface area contributed by atoms with Crippen molar-refractivity contribution in [2.24, 2.45) is 0 Å². The molecule has 28 heavy (non-hydrogen) atoms. The van der Waals surface area contributed by atoms with Crippen molar-refractivity contribution in [3.05, 3.63) is 24.3 Å². The van der Waals surface area contributed by atoms with Crippen LogP contribution in [-0.2, 0) is 14.3 Å². The quantitative estimate of drug-likeness (QED) is 0.0739. The van der Waals surface area contributed by atoms with E-state index in [1.165, 1.54) is 75.7 Å². The molecule has 0 aliphatic rings. The van der Waals surface area contributed by atoms with Gasteiger partial charge in [0.2, 0.25) is 5.91 Å². The van der Waals surface area contributed by atoms with E-state index < -0.39 is 5.97 Å². The van der Waals surface area contributed by atoms with Crippen LogP contribution in [0.1, 0.15) is 89.9 Å². The molecule has 0 heterocycles. The summed E-state index contributed by atoms with van der Waals surface area (Å²) in [6.45, 7) is -0.0414. The van der Waals surface area contributed by atoms with E-state index in [-0.39, 0.29) is 12.5 Å². The van der Waals surface area contributed by atoms with Gasteiger partial charge < -0.3 is 10.1 Å². The third-order valence-corrected chi connectivity index (χ3v) is 5.27. The van der Waals surface area contributed by atoms with Crippen LogP contribution in [0.2, 0.25) is 0 Å². The number of carbonyl (C=O) groups is 2. The second kappa shape index (κ2) is 22.4. The first kappa shape index (κ1) is 27.1. The number of nitrogens with one attached hydrogen (secondary N) is 1. The number of hydrogen-bond acceptors (Lipinski definition) is 3. The number of methoxy groups -OCH3 is 1. The van der Waals surface area contributed by atoms with Crippen LogP contribution >= 0.6 is 22.6 Å². The Morgan fingerprint density at radius 2 is 1.21 bits per heavy atom. The molecule has 0 saturated carbocycles. The lowest BCUT2D eigenvalue weighted by Gasteiger charge is -2.02. The van der Waals surface area contributed by atoms with Crippen molar-refractivity contribution < 1.29 is 14.3 Å². The molecule has 1 N–H and O–H groups in total. The molecular weight excluding hydrogens is 465 g/mol. The summed E-state index contributed by atoms with van der Waals surface area (Å²) >= 11 is 2.45. The monoisotopic (exact) mass is 505 g/mol. The number of allylic oxidation sites excluding steroid dienone is 4. The highest BCUT2D eigenvalue weighted by atomic mass is 127. The minimum absolute atomic E-state index is 0.0414. The van der Waals surface area contributed by atoms with Gasteiger partial charge in [-0.3, -0.25) is 9.59 Å². The first-order chi connectivity index (χ1) is 13.7. The van der Waals surface area contributed by atoms with Crippen LogP contribution in [0.25, 0.3) is 0 Å². The van der Waals surface area contributed by atoms with E-state index >= 15 is 0 Å². The van der Waals surface area contributed by atoms with Crippen LogP contribution in [0.4, 0.5) is 0 Å². The van der Waals surface area contributed by atoms with E-state index in [1.807, 2.05) is 0 Å². The number of esters is 1. The van der Waals surface area contributed by atoms with Crippen molar-refractivity contribution in [3.8, 4) is 0 Å². The van der Waals surface area contributed by atoms with Crippen LogP contribution in [0, 0.1) is 0 Å². The summed E-state index contributed by atoms with van der Waals surface area (Å²) < 4.78 is 5.76. The van der Waals surface area contributed by atoms with E-state index in [1.54, 1.807) is 0 Å². The van der Waals surface area contributed by atoms with Gasteiger partial charge in [0.25, 0.3) is 0 Å². The Hall–Kier alpha value is -0.850. The van der Waals surface area contributed by atoms with Crippen molar-refractivity contribution in [2.45, 2.75) is 89.9 Å². The molecule has 0 aromatic carbocycles. The average Bonchev–Trinajstić information content (AvgIpc) is 2.71. The zero-order chi connectivity index (χ0) is 20.7. The van der Waals surface area contributed by atoms with E-state index in [9.17, 15) is 9.59 Å². The highest BCUT2D eigenvalue weighted by Crippen LogP contribution is 2.09. The minimum atomic E-state index is -0.415. The molecule has 0 aliphatic carbocycles. The third kappa shape index (κ3) is 21.5. The highest BCUT2D eigenvalue weighted by molar-refractivity contribution is 14.1. The number of hydrogen-bond donors (Lipinski definition) is 1. The summed E-state index contributed by atoms with van der Waals surface area (Å²) in [6, 6.07) is 0. The van der Waals surface area contributed by atoms with Crippen LogP contribution in [0.3, 0.4) is 0 Å². The lowest BCUT2D eigenvalue weighted by molar-refractivity contribution is -0.141. The second-order valence-electron chi connectivity index (χ2n) is 7.07. The number of ether oxygens (including phenoxy) is 1. The van der Waals surface area contributed by atoms with Crippen LogP contribution < -0.4 is 5.32 Å². The fraction of sp³-hybridized carbons (Fsp3) is 0.739. The normalized spacial score (nSPS) is 11.4. The standard InChI is InChI=1S/C23H40INO3/c1-28-23(27)21-25-22(26)19-17-15-13-11-9-7-5-3-2-4-6-8-10-12-14-16-18-20-24/h8,10-11,13H,2-7,9,12,14-21H2,1H3,(H,25,26)/b10-8-,13-11-. The van der Waals surface area contributed by atoms with Gasteiger partial charge in [-0.25, -0.2) is 0 Å². The number of alkyl halides is 1. The molecule has 0 aromatic rings. The molecule has 0 saturated heterocycles. The van der Waals surface area contributed by atoms with Crippen molar-refractivity contribution in [2.75, 3.05) is 18.1 Å². The largest absolute Gasteiger partial charge is 0.468 e. The van der Waals surface area contributed by atoms with Gasteiger partial charge >= 0.3 is 5.97 Å². The zero-order valence-corrected chi connectivity index (χ0v) is 19.9. The maximum Gasteiger partial charge on any atom is 0.325 e. The van der Waals surface area contributed by atoms with E-state index in [4.69, 9.17) is 0 Å². The summed E-state index contributed by atoms with van der Waals surface area (Å²) in [5, 5.41) is 2.55. The molecule has 0 radical (unpaired) electrons. The fourth-order valence-corrected chi connectivity index (χ4v) is 3.31. The van der Waals surface area contributed by atoms with Gasteiger partial charge in [-0.2, -0.15) is 0 Å².